The summed E-state index contributed by atoms with van der Waals surface area (Å²) in [6, 6.07) is 9.32. The van der Waals surface area contributed by atoms with Gasteiger partial charge in [-0.15, -0.1) is 0 Å². The average Bonchev–Trinajstić information content (AvgIpc) is 3.00. The first kappa shape index (κ1) is 16.2. The van der Waals surface area contributed by atoms with Gasteiger partial charge in [0, 0.05) is 12.0 Å². The van der Waals surface area contributed by atoms with E-state index in [2.05, 4.69) is 0 Å². The van der Waals surface area contributed by atoms with E-state index in [0.717, 1.165) is 17.7 Å². The molecule has 1 aliphatic rings. The number of nitrogens with zero attached hydrogens (tertiary/aromatic N) is 1. The van der Waals surface area contributed by atoms with Crippen molar-refractivity contribution >= 4 is 11.7 Å². The third-order valence-corrected chi connectivity index (χ3v) is 3.90. The summed E-state index contributed by atoms with van der Waals surface area (Å²) in [7, 11) is 0. The summed E-state index contributed by atoms with van der Waals surface area (Å²) in [5, 5.41) is 0. The topological polar surface area (TPSA) is 55.6 Å². The molecule has 2 N–H and O–H groups in total. The minimum atomic E-state index is -4.39. The lowest BCUT2D eigenvalue weighted by molar-refractivity contribution is -0.137. The van der Waals surface area contributed by atoms with Gasteiger partial charge in [-0.1, -0.05) is 18.2 Å². The van der Waals surface area contributed by atoms with Crippen LogP contribution in [0.4, 0.5) is 23.7 Å². The molecular weight excluding hydrogens is 321 g/mol. The Morgan fingerprint density at radius 3 is 2.50 bits per heavy atom. The van der Waals surface area contributed by atoms with E-state index in [4.69, 9.17) is 10.5 Å². The van der Waals surface area contributed by atoms with Crippen molar-refractivity contribution in [3.05, 3.63) is 59.2 Å². The second-order valence-electron chi connectivity index (χ2n) is 5.47. The standard InChI is InChI=1S/C17H15F3N2O2/c18-17(19,20)12-6-4-11(5-7-12)10-22(16(21)23)14-2-1-3-15-13(14)8-9-24-15/h1-7H,8-10H2,(H2,21,23). The zero-order valence-corrected chi connectivity index (χ0v) is 12.6. The predicted molar refractivity (Wildman–Crippen MR) is 82.9 cm³/mol. The van der Waals surface area contributed by atoms with Crippen LogP contribution in [0.2, 0.25) is 0 Å². The van der Waals surface area contributed by atoms with Crippen LogP contribution in [0, 0.1) is 0 Å². The number of carbonyl (C=O) groups is 1. The Kier molecular flexibility index (Phi) is 4.09. The van der Waals surface area contributed by atoms with Gasteiger partial charge in [0.2, 0.25) is 0 Å². The first-order valence-electron chi connectivity index (χ1n) is 7.34. The highest BCUT2D eigenvalue weighted by atomic mass is 19.4. The molecule has 0 bridgehead atoms. The number of fused-ring (bicyclic) bond motifs is 1. The van der Waals surface area contributed by atoms with Crippen LogP contribution in [0.25, 0.3) is 0 Å². The van der Waals surface area contributed by atoms with Gasteiger partial charge in [0.1, 0.15) is 5.75 Å². The van der Waals surface area contributed by atoms with E-state index >= 15 is 0 Å². The second-order valence-corrected chi connectivity index (χ2v) is 5.47. The molecule has 0 unspecified atom stereocenters. The van der Waals surface area contributed by atoms with Crippen molar-refractivity contribution in [3.63, 3.8) is 0 Å². The van der Waals surface area contributed by atoms with Gasteiger partial charge in [0.15, 0.2) is 0 Å². The van der Waals surface area contributed by atoms with E-state index in [1.54, 1.807) is 12.1 Å². The Morgan fingerprint density at radius 1 is 1.17 bits per heavy atom. The van der Waals surface area contributed by atoms with Crippen molar-refractivity contribution in [2.75, 3.05) is 11.5 Å². The predicted octanol–water partition coefficient (Wildman–Crippen LogP) is 3.73. The van der Waals surface area contributed by atoms with E-state index in [1.807, 2.05) is 6.07 Å². The average molecular weight is 336 g/mol. The third kappa shape index (κ3) is 3.15. The first-order chi connectivity index (χ1) is 11.4. The van der Waals surface area contributed by atoms with Crippen molar-refractivity contribution in [2.45, 2.75) is 19.1 Å². The summed E-state index contributed by atoms with van der Waals surface area (Å²) in [6.45, 7) is 0.614. The fourth-order valence-corrected chi connectivity index (χ4v) is 2.72. The monoisotopic (exact) mass is 336 g/mol. The molecule has 24 heavy (non-hydrogen) atoms. The number of primary amides is 1. The zero-order chi connectivity index (χ0) is 17.3. The molecule has 0 aromatic heterocycles. The summed E-state index contributed by atoms with van der Waals surface area (Å²) in [6.07, 6.45) is -3.73. The number of amides is 2. The first-order valence-corrected chi connectivity index (χ1v) is 7.34. The van der Waals surface area contributed by atoms with Gasteiger partial charge in [-0.05, 0) is 29.8 Å². The highest BCUT2D eigenvalue weighted by Gasteiger charge is 2.30. The fourth-order valence-electron chi connectivity index (χ4n) is 2.72. The third-order valence-electron chi connectivity index (χ3n) is 3.90. The number of hydrogen-bond donors (Lipinski definition) is 1. The molecule has 4 nitrogen and oxygen atoms in total. The Morgan fingerprint density at radius 2 is 1.88 bits per heavy atom. The minimum absolute atomic E-state index is 0.0872. The van der Waals surface area contributed by atoms with E-state index in [1.165, 1.54) is 17.0 Å². The quantitative estimate of drug-likeness (QED) is 0.929. The molecule has 0 aliphatic carbocycles. The molecule has 0 fully saturated rings. The van der Waals surface area contributed by atoms with E-state index in [9.17, 15) is 18.0 Å². The van der Waals surface area contributed by atoms with Gasteiger partial charge in [0.05, 0.1) is 24.4 Å². The summed E-state index contributed by atoms with van der Waals surface area (Å²) < 4.78 is 43.3. The van der Waals surface area contributed by atoms with Crippen LogP contribution in [0.1, 0.15) is 16.7 Å². The molecule has 0 spiro atoms. The molecule has 2 aromatic carbocycles. The van der Waals surface area contributed by atoms with Crippen molar-refractivity contribution in [2.24, 2.45) is 5.73 Å². The second kappa shape index (κ2) is 6.07. The Balaban J connectivity index is 1.88. The summed E-state index contributed by atoms with van der Waals surface area (Å²) >= 11 is 0. The van der Waals surface area contributed by atoms with Gasteiger partial charge < -0.3 is 10.5 Å². The van der Waals surface area contributed by atoms with Gasteiger partial charge in [-0.25, -0.2) is 4.79 Å². The molecule has 1 aliphatic heterocycles. The molecule has 2 aromatic rings. The van der Waals surface area contributed by atoms with Gasteiger partial charge in [0.25, 0.3) is 0 Å². The van der Waals surface area contributed by atoms with Crippen molar-refractivity contribution in [3.8, 4) is 5.75 Å². The molecule has 0 atom stereocenters. The molecular formula is C17H15F3N2O2. The van der Waals surface area contributed by atoms with E-state index < -0.39 is 17.8 Å². The maximum Gasteiger partial charge on any atom is 0.416 e. The number of nitrogens with two attached hydrogens (primary N) is 1. The van der Waals surface area contributed by atoms with Crippen LogP contribution in [-0.2, 0) is 19.1 Å². The van der Waals surface area contributed by atoms with Crippen LogP contribution >= 0.6 is 0 Å². The molecule has 1 heterocycles. The lowest BCUT2D eigenvalue weighted by atomic mass is 10.1. The molecule has 7 heteroatoms. The number of halogens is 3. The smallest absolute Gasteiger partial charge is 0.416 e. The fraction of sp³-hybridized carbons (Fsp3) is 0.235. The van der Waals surface area contributed by atoms with E-state index in [0.29, 0.717) is 30.0 Å². The Labute approximate surface area is 136 Å². The van der Waals surface area contributed by atoms with Crippen LogP contribution in [0.5, 0.6) is 5.75 Å². The zero-order valence-electron chi connectivity index (χ0n) is 12.6. The largest absolute Gasteiger partial charge is 0.493 e. The molecule has 2 amide bonds. The number of carbonyl (C=O) groups excluding carboxylic acids is 1. The Bertz CT molecular complexity index is 757. The molecule has 3 rings (SSSR count). The highest BCUT2D eigenvalue weighted by Crippen LogP contribution is 2.35. The summed E-state index contributed by atoms with van der Waals surface area (Å²) in [5.41, 5.74) is 6.80. The maximum absolute atomic E-state index is 12.6. The highest BCUT2D eigenvalue weighted by molar-refractivity contribution is 5.92. The lowest BCUT2D eigenvalue weighted by Crippen LogP contribution is -2.35. The number of alkyl halides is 3. The SMILES string of the molecule is NC(=O)N(Cc1ccc(C(F)(F)F)cc1)c1cccc2c1CCO2. The number of rotatable bonds is 3. The van der Waals surface area contributed by atoms with Gasteiger partial charge in [-0.2, -0.15) is 13.2 Å². The van der Waals surface area contributed by atoms with Crippen LogP contribution in [0.15, 0.2) is 42.5 Å². The summed E-state index contributed by atoms with van der Waals surface area (Å²) in [4.78, 5) is 13.2. The molecule has 0 saturated carbocycles. The minimum Gasteiger partial charge on any atom is -0.493 e. The molecule has 0 saturated heterocycles. The Hall–Kier alpha value is -2.70. The number of urea groups is 1. The number of anilines is 1. The van der Waals surface area contributed by atoms with E-state index in [-0.39, 0.29) is 6.54 Å². The van der Waals surface area contributed by atoms with Gasteiger partial charge >= 0.3 is 12.2 Å². The number of benzene rings is 2. The lowest BCUT2D eigenvalue weighted by Gasteiger charge is -2.23. The van der Waals surface area contributed by atoms with Crippen molar-refractivity contribution in [1.29, 1.82) is 0 Å². The number of hydrogen-bond acceptors (Lipinski definition) is 2. The van der Waals surface area contributed by atoms with Crippen LogP contribution in [0.3, 0.4) is 0 Å². The number of ether oxygens (including phenoxy) is 1. The van der Waals surface area contributed by atoms with Crippen LogP contribution in [-0.4, -0.2) is 12.6 Å². The normalized spacial score (nSPS) is 13.3. The van der Waals surface area contributed by atoms with Crippen molar-refractivity contribution in [1.82, 2.24) is 0 Å². The summed E-state index contributed by atoms with van der Waals surface area (Å²) in [5.74, 6) is 0.700. The van der Waals surface area contributed by atoms with Gasteiger partial charge in [-0.3, -0.25) is 4.90 Å². The van der Waals surface area contributed by atoms with Crippen molar-refractivity contribution < 1.29 is 22.7 Å². The van der Waals surface area contributed by atoms with Crippen LogP contribution < -0.4 is 15.4 Å². The molecule has 0 radical (unpaired) electrons. The maximum atomic E-state index is 12.6. The molecule has 126 valence electrons.